The quantitative estimate of drug-likeness (QED) is 0.508. The van der Waals surface area contributed by atoms with Gasteiger partial charge in [-0.25, -0.2) is 0 Å². The molecule has 0 atom stereocenters. The second kappa shape index (κ2) is 3.15. The number of rotatable bonds is 3. The number of likely N-dealkylation sites (tertiary alicyclic amines) is 1. The molecule has 0 amide bonds. The Bertz CT molecular complexity index is 81.1. The Morgan fingerprint density at radius 3 is 2.78 bits per heavy atom. The van der Waals surface area contributed by atoms with Crippen molar-refractivity contribution in [2.24, 2.45) is 0 Å². The van der Waals surface area contributed by atoms with Crippen molar-refractivity contribution in [2.75, 3.05) is 33.3 Å². The molecule has 9 heavy (non-hydrogen) atoms. The minimum Gasteiger partial charge on any atom is -0.395 e. The van der Waals surface area contributed by atoms with Crippen LogP contribution in [0.3, 0.4) is 0 Å². The number of likely N-dealkylation sites (N-methyl/N-ethyl adjacent to an activating group) is 1. The fraction of sp³-hybridized carbons (Fsp3) is 1.00. The number of aliphatic hydroxyl groups excluding tert-OH is 1. The lowest BCUT2D eigenvalue weighted by Gasteiger charge is -2.38. The summed E-state index contributed by atoms with van der Waals surface area (Å²) in [6.45, 7) is 3.31. The summed E-state index contributed by atoms with van der Waals surface area (Å²) in [5, 5.41) is 11.7. The van der Waals surface area contributed by atoms with E-state index in [1.165, 1.54) is 0 Å². The van der Waals surface area contributed by atoms with E-state index in [4.69, 9.17) is 5.11 Å². The molecule has 0 radical (unpaired) electrons. The van der Waals surface area contributed by atoms with Gasteiger partial charge in [-0.15, -0.1) is 0 Å². The first-order valence-corrected chi connectivity index (χ1v) is 3.37. The standard InChI is InChI=1S/C6H14N2O/c1-7-6-4-8(5-6)2-3-9/h6-7,9H,2-5H2,1H3. The first-order valence-electron chi connectivity index (χ1n) is 3.37. The van der Waals surface area contributed by atoms with E-state index < -0.39 is 0 Å². The molecule has 3 heteroatoms. The van der Waals surface area contributed by atoms with E-state index in [1.807, 2.05) is 7.05 Å². The van der Waals surface area contributed by atoms with Crippen LogP contribution in [-0.4, -0.2) is 49.3 Å². The van der Waals surface area contributed by atoms with Gasteiger partial charge in [0, 0.05) is 25.7 Å². The molecule has 0 saturated carbocycles. The molecule has 1 heterocycles. The van der Waals surface area contributed by atoms with Crippen LogP contribution in [0.25, 0.3) is 0 Å². The summed E-state index contributed by atoms with van der Waals surface area (Å²) >= 11 is 0. The minimum absolute atomic E-state index is 0.288. The van der Waals surface area contributed by atoms with Crippen LogP contribution >= 0.6 is 0 Å². The zero-order chi connectivity index (χ0) is 6.69. The first-order chi connectivity index (χ1) is 4.36. The Kier molecular flexibility index (Phi) is 2.45. The van der Waals surface area contributed by atoms with Crippen LogP contribution in [0.4, 0.5) is 0 Å². The number of β-amino-alcohol motifs (C(OH)–C–C–N with tert-alkyl or cyclic N) is 1. The molecule has 0 spiro atoms. The average Bonchev–Trinajstić information content (AvgIpc) is 1.77. The molecule has 54 valence electrons. The summed E-state index contributed by atoms with van der Waals surface area (Å²) in [4.78, 5) is 2.22. The van der Waals surface area contributed by atoms with Gasteiger partial charge in [-0.05, 0) is 7.05 Å². The fourth-order valence-electron chi connectivity index (χ4n) is 1.08. The lowest BCUT2D eigenvalue weighted by molar-refractivity contribution is 0.104. The van der Waals surface area contributed by atoms with Gasteiger partial charge in [0.25, 0.3) is 0 Å². The van der Waals surface area contributed by atoms with Crippen molar-refractivity contribution in [3.05, 3.63) is 0 Å². The highest BCUT2D eigenvalue weighted by Gasteiger charge is 2.23. The SMILES string of the molecule is CNC1CN(CCO)C1. The highest BCUT2D eigenvalue weighted by Crippen LogP contribution is 2.04. The van der Waals surface area contributed by atoms with Gasteiger partial charge in [-0.1, -0.05) is 0 Å². The Labute approximate surface area is 55.7 Å². The van der Waals surface area contributed by atoms with Crippen molar-refractivity contribution in [1.29, 1.82) is 0 Å². The van der Waals surface area contributed by atoms with Crippen molar-refractivity contribution >= 4 is 0 Å². The molecule has 0 bridgehead atoms. The van der Waals surface area contributed by atoms with Crippen LogP contribution in [0.5, 0.6) is 0 Å². The Hall–Kier alpha value is -0.120. The van der Waals surface area contributed by atoms with Crippen LogP contribution < -0.4 is 5.32 Å². The largest absolute Gasteiger partial charge is 0.395 e. The fourth-order valence-corrected chi connectivity index (χ4v) is 1.08. The molecular weight excluding hydrogens is 116 g/mol. The molecule has 1 aliphatic heterocycles. The highest BCUT2D eigenvalue weighted by atomic mass is 16.3. The van der Waals surface area contributed by atoms with Crippen molar-refractivity contribution < 1.29 is 5.11 Å². The van der Waals surface area contributed by atoms with Gasteiger partial charge in [0.15, 0.2) is 0 Å². The van der Waals surface area contributed by atoms with Crippen LogP contribution in [-0.2, 0) is 0 Å². The van der Waals surface area contributed by atoms with Gasteiger partial charge in [-0.3, -0.25) is 4.90 Å². The summed E-state index contributed by atoms with van der Waals surface area (Å²) in [6, 6.07) is 0.663. The average molecular weight is 130 g/mol. The zero-order valence-corrected chi connectivity index (χ0v) is 5.80. The van der Waals surface area contributed by atoms with Gasteiger partial charge in [0.2, 0.25) is 0 Å². The molecule has 1 rings (SSSR count). The molecule has 1 saturated heterocycles. The summed E-state index contributed by atoms with van der Waals surface area (Å²) in [6.07, 6.45) is 0. The van der Waals surface area contributed by atoms with Crippen molar-refractivity contribution in [1.82, 2.24) is 10.2 Å². The third-order valence-corrected chi connectivity index (χ3v) is 1.78. The van der Waals surface area contributed by atoms with Crippen LogP contribution in [0.15, 0.2) is 0 Å². The van der Waals surface area contributed by atoms with E-state index in [1.54, 1.807) is 0 Å². The zero-order valence-electron chi connectivity index (χ0n) is 5.80. The second-order valence-corrected chi connectivity index (χ2v) is 2.47. The third-order valence-electron chi connectivity index (χ3n) is 1.78. The number of aliphatic hydroxyl groups is 1. The van der Waals surface area contributed by atoms with Gasteiger partial charge < -0.3 is 10.4 Å². The number of hydrogen-bond donors (Lipinski definition) is 2. The molecule has 1 fully saturated rings. The van der Waals surface area contributed by atoms with Crippen LogP contribution in [0.2, 0.25) is 0 Å². The molecular formula is C6H14N2O. The van der Waals surface area contributed by atoms with Gasteiger partial charge in [0.1, 0.15) is 0 Å². The van der Waals surface area contributed by atoms with Crippen molar-refractivity contribution in [2.45, 2.75) is 6.04 Å². The molecule has 0 aromatic rings. The topological polar surface area (TPSA) is 35.5 Å². The van der Waals surface area contributed by atoms with E-state index in [-0.39, 0.29) is 6.61 Å². The Morgan fingerprint density at radius 1 is 1.67 bits per heavy atom. The number of nitrogens with zero attached hydrogens (tertiary/aromatic N) is 1. The lowest BCUT2D eigenvalue weighted by Crippen LogP contribution is -2.57. The predicted molar refractivity (Wildman–Crippen MR) is 36.4 cm³/mol. The number of nitrogens with one attached hydrogen (secondary N) is 1. The summed E-state index contributed by atoms with van der Waals surface area (Å²) in [7, 11) is 1.97. The summed E-state index contributed by atoms with van der Waals surface area (Å²) < 4.78 is 0. The maximum Gasteiger partial charge on any atom is 0.0558 e. The monoisotopic (exact) mass is 130 g/mol. The van der Waals surface area contributed by atoms with Crippen LogP contribution in [0, 0.1) is 0 Å². The normalized spacial score (nSPS) is 22.0. The van der Waals surface area contributed by atoms with E-state index in [0.717, 1.165) is 19.6 Å². The molecule has 0 aromatic carbocycles. The molecule has 0 aromatic heterocycles. The maximum absolute atomic E-state index is 8.50. The maximum atomic E-state index is 8.50. The van der Waals surface area contributed by atoms with Crippen LogP contribution in [0.1, 0.15) is 0 Å². The minimum atomic E-state index is 0.288. The second-order valence-electron chi connectivity index (χ2n) is 2.47. The number of hydrogen-bond acceptors (Lipinski definition) is 3. The Morgan fingerprint density at radius 2 is 2.33 bits per heavy atom. The van der Waals surface area contributed by atoms with Gasteiger partial charge in [-0.2, -0.15) is 0 Å². The van der Waals surface area contributed by atoms with E-state index in [9.17, 15) is 0 Å². The molecule has 0 aliphatic carbocycles. The predicted octanol–water partition coefficient (Wildman–Crippen LogP) is -1.12. The van der Waals surface area contributed by atoms with Crippen molar-refractivity contribution in [3.63, 3.8) is 0 Å². The highest BCUT2D eigenvalue weighted by molar-refractivity contribution is 4.83. The van der Waals surface area contributed by atoms with Gasteiger partial charge >= 0.3 is 0 Å². The van der Waals surface area contributed by atoms with E-state index in [2.05, 4.69) is 10.2 Å². The van der Waals surface area contributed by atoms with Gasteiger partial charge in [0.05, 0.1) is 6.61 Å². The summed E-state index contributed by atoms with van der Waals surface area (Å²) in [5.74, 6) is 0. The Balaban J connectivity index is 1.98. The third kappa shape index (κ3) is 1.64. The van der Waals surface area contributed by atoms with E-state index >= 15 is 0 Å². The molecule has 0 unspecified atom stereocenters. The van der Waals surface area contributed by atoms with Crippen molar-refractivity contribution in [3.8, 4) is 0 Å². The summed E-state index contributed by atoms with van der Waals surface area (Å²) in [5.41, 5.74) is 0. The molecule has 1 aliphatic rings. The molecule has 3 nitrogen and oxygen atoms in total. The lowest BCUT2D eigenvalue weighted by atomic mass is 10.1. The van der Waals surface area contributed by atoms with E-state index in [0.29, 0.717) is 6.04 Å². The smallest absolute Gasteiger partial charge is 0.0558 e. The molecule has 2 N–H and O–H groups in total. The first kappa shape index (κ1) is 6.99.